The highest BCUT2D eigenvalue weighted by Gasteiger charge is 2.20. The lowest BCUT2D eigenvalue weighted by molar-refractivity contribution is 1.56. The fourth-order valence-electron chi connectivity index (χ4n) is 10.4. The second-order valence-electron chi connectivity index (χ2n) is 16.4. The molecule has 0 spiro atoms. The van der Waals surface area contributed by atoms with Crippen molar-refractivity contribution in [3.8, 4) is 55.6 Å². The molecule has 13 aromatic rings. The molecule has 0 aliphatic heterocycles. The molecular formula is C60H36. The lowest BCUT2D eigenvalue weighted by Crippen LogP contribution is -1.94. The Balaban J connectivity index is 1.06. The summed E-state index contributed by atoms with van der Waals surface area (Å²) in [4.78, 5) is 0. The summed E-state index contributed by atoms with van der Waals surface area (Å²) in [7, 11) is 0. The van der Waals surface area contributed by atoms with E-state index < -0.39 is 0 Å². The van der Waals surface area contributed by atoms with Gasteiger partial charge in [-0.15, -0.1) is 0 Å². The Morgan fingerprint density at radius 3 is 1.18 bits per heavy atom. The molecule has 0 amide bonds. The van der Waals surface area contributed by atoms with Gasteiger partial charge in [-0.1, -0.05) is 206 Å². The minimum absolute atomic E-state index is 1.20. The van der Waals surface area contributed by atoms with E-state index in [1.54, 1.807) is 0 Å². The molecule has 0 atom stereocenters. The lowest BCUT2D eigenvalue weighted by Gasteiger charge is -2.20. The molecule has 0 nitrogen and oxygen atoms in total. The molecule has 0 heterocycles. The Kier molecular flexibility index (Phi) is 7.11. The number of rotatable bonds is 5. The van der Waals surface area contributed by atoms with Gasteiger partial charge in [-0.05, 0) is 143 Å². The number of fused-ring (bicyclic) bond motifs is 1. The van der Waals surface area contributed by atoms with Gasteiger partial charge in [-0.25, -0.2) is 0 Å². The zero-order valence-electron chi connectivity index (χ0n) is 32.8. The van der Waals surface area contributed by atoms with Gasteiger partial charge in [-0.2, -0.15) is 0 Å². The highest BCUT2D eigenvalue weighted by Crippen LogP contribution is 2.47. The third kappa shape index (κ3) is 4.92. The summed E-state index contributed by atoms with van der Waals surface area (Å²) in [6, 6.07) is 81.6. The lowest BCUT2D eigenvalue weighted by atomic mass is 9.83. The largest absolute Gasteiger partial charge is 0.0622 e. The monoisotopic (exact) mass is 756 g/mol. The molecule has 0 saturated carbocycles. The van der Waals surface area contributed by atoms with Crippen LogP contribution >= 0.6 is 0 Å². The smallest absolute Gasteiger partial charge is 0.00206 e. The molecule has 0 heteroatoms. The van der Waals surface area contributed by atoms with E-state index in [0.717, 1.165) is 0 Å². The molecule has 0 N–H and O–H groups in total. The molecule has 276 valence electrons. The van der Waals surface area contributed by atoms with Crippen LogP contribution in [0.4, 0.5) is 0 Å². The van der Waals surface area contributed by atoms with Gasteiger partial charge in [0.1, 0.15) is 0 Å². The molecule has 0 aliphatic carbocycles. The Hall–Kier alpha value is -7.80. The number of hydrogen-bond donors (Lipinski definition) is 0. The van der Waals surface area contributed by atoms with E-state index in [1.807, 2.05) is 0 Å². The highest BCUT2D eigenvalue weighted by atomic mass is 14.2. The van der Waals surface area contributed by atoms with Crippen molar-refractivity contribution in [2.45, 2.75) is 0 Å². The van der Waals surface area contributed by atoms with Crippen molar-refractivity contribution in [3.05, 3.63) is 218 Å². The van der Waals surface area contributed by atoms with E-state index >= 15 is 0 Å². The molecule has 0 aliphatic rings. The average Bonchev–Trinajstić information content (AvgIpc) is 3.32. The van der Waals surface area contributed by atoms with Crippen LogP contribution in [0.3, 0.4) is 0 Å². The predicted molar refractivity (Wildman–Crippen MR) is 259 cm³/mol. The number of benzene rings is 13. The van der Waals surface area contributed by atoms with Gasteiger partial charge < -0.3 is 0 Å². The summed E-state index contributed by atoms with van der Waals surface area (Å²) in [5, 5.41) is 18.1. The van der Waals surface area contributed by atoms with Crippen molar-refractivity contribution in [3.63, 3.8) is 0 Å². The summed E-state index contributed by atoms with van der Waals surface area (Å²) < 4.78 is 0. The first-order valence-electron chi connectivity index (χ1n) is 20.9. The van der Waals surface area contributed by atoms with Crippen molar-refractivity contribution in [1.29, 1.82) is 0 Å². The average molecular weight is 757 g/mol. The van der Waals surface area contributed by atoms with Crippen LogP contribution in [0.2, 0.25) is 0 Å². The quantitative estimate of drug-likeness (QED) is 0.153. The maximum absolute atomic E-state index is 2.45. The first kappa shape index (κ1) is 33.2. The molecule has 0 saturated heterocycles. The SMILES string of the molecule is c1ccc(-c2cc(-c3ccc4ccc5cccc6ccc3c4c56)ccc2-c2ccc(-c3ccc4ccc5cccc6ccc3c4c56)cc2-c2cccc3ccccc23)cc1. The standard InChI is InChI=1S/C60H36/c1-2-9-38(10-3-1)55-35-45(48-29-23-43-21-19-39-13-6-15-41-25-33-53(48)59(43)57(39)41)27-31-51(55)52-32-28-46(36-56(52)50-18-8-12-37-11-4-5-17-47(37)50)49-30-24-44-22-20-40-14-7-16-42-26-34-54(49)60(44)58(40)42/h1-36H. The van der Waals surface area contributed by atoms with Crippen LogP contribution in [0.15, 0.2) is 218 Å². The maximum Gasteiger partial charge on any atom is -0.00206 e. The van der Waals surface area contributed by atoms with E-state index in [9.17, 15) is 0 Å². The van der Waals surface area contributed by atoms with Gasteiger partial charge in [0.15, 0.2) is 0 Å². The van der Waals surface area contributed by atoms with Crippen LogP contribution in [-0.2, 0) is 0 Å². The van der Waals surface area contributed by atoms with E-state index in [1.165, 1.54) is 131 Å². The van der Waals surface area contributed by atoms with Crippen LogP contribution in [0, 0.1) is 0 Å². The molecule has 0 radical (unpaired) electrons. The molecule has 0 unspecified atom stereocenters. The van der Waals surface area contributed by atoms with Gasteiger partial charge in [0, 0.05) is 0 Å². The zero-order valence-corrected chi connectivity index (χ0v) is 32.8. The van der Waals surface area contributed by atoms with E-state index in [2.05, 4.69) is 218 Å². The van der Waals surface area contributed by atoms with Crippen LogP contribution in [0.5, 0.6) is 0 Å². The van der Waals surface area contributed by atoms with Crippen molar-refractivity contribution in [2.24, 2.45) is 0 Å². The molecule has 0 bridgehead atoms. The highest BCUT2D eigenvalue weighted by molar-refractivity contribution is 6.27. The van der Waals surface area contributed by atoms with Gasteiger partial charge in [0.2, 0.25) is 0 Å². The summed E-state index contributed by atoms with van der Waals surface area (Å²) in [6.45, 7) is 0. The maximum atomic E-state index is 2.45. The van der Waals surface area contributed by atoms with Crippen molar-refractivity contribution in [1.82, 2.24) is 0 Å². The minimum Gasteiger partial charge on any atom is -0.0622 e. The van der Waals surface area contributed by atoms with Gasteiger partial charge in [-0.3, -0.25) is 0 Å². The van der Waals surface area contributed by atoms with E-state index in [4.69, 9.17) is 0 Å². The molecule has 0 aromatic heterocycles. The number of hydrogen-bond acceptors (Lipinski definition) is 0. The normalized spacial score (nSPS) is 12.0. The van der Waals surface area contributed by atoms with E-state index in [0.29, 0.717) is 0 Å². The fourth-order valence-corrected chi connectivity index (χ4v) is 10.4. The van der Waals surface area contributed by atoms with Crippen LogP contribution in [0.25, 0.3) is 131 Å². The zero-order chi connectivity index (χ0) is 39.3. The topological polar surface area (TPSA) is 0 Å². The summed E-state index contributed by atoms with van der Waals surface area (Å²) in [6.07, 6.45) is 0. The summed E-state index contributed by atoms with van der Waals surface area (Å²) >= 11 is 0. The molecule has 60 heavy (non-hydrogen) atoms. The molecule has 13 rings (SSSR count). The second-order valence-corrected chi connectivity index (χ2v) is 16.4. The van der Waals surface area contributed by atoms with Crippen molar-refractivity contribution >= 4 is 75.4 Å². The first-order valence-corrected chi connectivity index (χ1v) is 20.9. The molecular weight excluding hydrogens is 721 g/mol. The van der Waals surface area contributed by atoms with Crippen molar-refractivity contribution < 1.29 is 0 Å². The van der Waals surface area contributed by atoms with E-state index in [-0.39, 0.29) is 0 Å². The predicted octanol–water partition coefficient (Wildman–Crippen LogP) is 17.0. The molecule has 13 aromatic carbocycles. The Bertz CT molecular complexity index is 3780. The molecule has 0 fully saturated rings. The second kappa shape index (κ2) is 12.9. The van der Waals surface area contributed by atoms with Gasteiger partial charge in [0.05, 0.1) is 0 Å². The van der Waals surface area contributed by atoms with Gasteiger partial charge in [0.25, 0.3) is 0 Å². The van der Waals surface area contributed by atoms with Crippen LogP contribution in [-0.4, -0.2) is 0 Å². The summed E-state index contributed by atoms with van der Waals surface area (Å²) in [5.41, 5.74) is 12.2. The van der Waals surface area contributed by atoms with Crippen LogP contribution in [0.1, 0.15) is 0 Å². The van der Waals surface area contributed by atoms with Crippen molar-refractivity contribution in [2.75, 3.05) is 0 Å². The van der Waals surface area contributed by atoms with Crippen LogP contribution < -0.4 is 0 Å². The first-order chi connectivity index (χ1) is 29.7. The Morgan fingerprint density at radius 1 is 0.167 bits per heavy atom. The fraction of sp³-hybridized carbons (Fsp3) is 0. The Morgan fingerprint density at radius 2 is 0.583 bits per heavy atom. The Labute approximate surface area is 347 Å². The summed E-state index contributed by atoms with van der Waals surface area (Å²) in [5.74, 6) is 0. The third-order valence-electron chi connectivity index (χ3n) is 13.2. The third-order valence-corrected chi connectivity index (χ3v) is 13.2. The minimum atomic E-state index is 1.20. The van der Waals surface area contributed by atoms with Gasteiger partial charge >= 0.3 is 0 Å².